The van der Waals surface area contributed by atoms with Crippen molar-refractivity contribution in [3.05, 3.63) is 24.0 Å². The van der Waals surface area contributed by atoms with E-state index in [-0.39, 0.29) is 18.6 Å². The second-order valence-corrected chi connectivity index (χ2v) is 8.23. The van der Waals surface area contributed by atoms with Crippen LogP contribution in [0.25, 0.3) is 0 Å². The van der Waals surface area contributed by atoms with Gasteiger partial charge in [0.25, 0.3) is 0 Å². The number of hydrogen-bond acceptors (Lipinski definition) is 5. The second kappa shape index (κ2) is 8.79. The van der Waals surface area contributed by atoms with E-state index in [2.05, 4.69) is 5.32 Å². The summed E-state index contributed by atoms with van der Waals surface area (Å²) in [5, 5.41) is 3.17. The lowest BCUT2D eigenvalue weighted by molar-refractivity contribution is 0.143. The molecular formula is C20H26F2N4O2S. The number of carbonyl (C=O) groups excluding carboxylic acids is 1. The van der Waals surface area contributed by atoms with Crippen LogP contribution in [0.3, 0.4) is 0 Å². The largest absolute Gasteiger partial charge is 0.442 e. The maximum absolute atomic E-state index is 14.8. The van der Waals surface area contributed by atoms with Crippen LogP contribution in [-0.4, -0.2) is 74.6 Å². The van der Waals surface area contributed by atoms with Gasteiger partial charge in [-0.2, -0.15) is 0 Å². The summed E-state index contributed by atoms with van der Waals surface area (Å²) in [6.07, 6.45) is 1.46. The Kier molecular flexibility index (Phi) is 6.15. The highest BCUT2D eigenvalue weighted by atomic mass is 32.1. The van der Waals surface area contributed by atoms with E-state index in [9.17, 15) is 13.6 Å². The first kappa shape index (κ1) is 20.3. The summed E-state index contributed by atoms with van der Waals surface area (Å²) in [7, 11) is 0. The normalized spacial score (nSPS) is 22.7. The number of amides is 1. The number of rotatable bonds is 7. The number of cyclic esters (lactones) is 1. The van der Waals surface area contributed by atoms with Gasteiger partial charge >= 0.3 is 6.09 Å². The van der Waals surface area contributed by atoms with Crippen molar-refractivity contribution in [1.82, 2.24) is 10.2 Å². The van der Waals surface area contributed by atoms with Gasteiger partial charge in [-0.15, -0.1) is 0 Å². The van der Waals surface area contributed by atoms with Crippen molar-refractivity contribution in [1.29, 1.82) is 0 Å². The van der Waals surface area contributed by atoms with Gasteiger partial charge < -0.3 is 15.0 Å². The summed E-state index contributed by atoms with van der Waals surface area (Å²) in [6, 6.07) is 4.84. The van der Waals surface area contributed by atoms with Gasteiger partial charge in [-0.3, -0.25) is 9.80 Å². The van der Waals surface area contributed by atoms with Gasteiger partial charge in [-0.05, 0) is 31.0 Å². The minimum Gasteiger partial charge on any atom is -0.442 e. The second-order valence-electron chi connectivity index (χ2n) is 7.79. The molecule has 9 heteroatoms. The SMILES string of the molecule is O=C1O[C@@H](CNC(=S)C2CC2)CN1c1ccc(N2CCN(CCF)CC2)c(F)c1. The summed E-state index contributed by atoms with van der Waals surface area (Å²) in [4.78, 5) is 18.5. The molecule has 0 radical (unpaired) electrons. The van der Waals surface area contributed by atoms with Gasteiger partial charge in [0, 0.05) is 38.6 Å². The zero-order valence-electron chi connectivity index (χ0n) is 16.3. The zero-order valence-corrected chi connectivity index (χ0v) is 17.1. The van der Waals surface area contributed by atoms with Crippen LogP contribution in [0.1, 0.15) is 12.8 Å². The van der Waals surface area contributed by atoms with Crippen molar-refractivity contribution >= 4 is 34.7 Å². The number of anilines is 2. The van der Waals surface area contributed by atoms with E-state index in [1.165, 1.54) is 11.0 Å². The van der Waals surface area contributed by atoms with Crippen LogP contribution in [0.2, 0.25) is 0 Å². The zero-order chi connectivity index (χ0) is 20.4. The molecule has 3 aliphatic rings. The Labute approximate surface area is 174 Å². The molecule has 1 atom stereocenters. The molecule has 0 aromatic heterocycles. The summed E-state index contributed by atoms with van der Waals surface area (Å²) in [5.41, 5.74) is 0.994. The molecule has 1 saturated carbocycles. The number of ether oxygens (including phenoxy) is 1. The third kappa shape index (κ3) is 4.78. The van der Waals surface area contributed by atoms with Crippen LogP contribution in [0, 0.1) is 11.7 Å². The van der Waals surface area contributed by atoms with Crippen molar-refractivity contribution in [2.45, 2.75) is 18.9 Å². The van der Waals surface area contributed by atoms with Gasteiger partial charge in [0.05, 0.1) is 29.5 Å². The maximum atomic E-state index is 14.8. The van der Waals surface area contributed by atoms with Gasteiger partial charge in [-0.25, -0.2) is 13.6 Å². The molecule has 0 bridgehead atoms. The number of benzene rings is 1. The van der Waals surface area contributed by atoms with Crippen molar-refractivity contribution in [2.75, 3.05) is 62.3 Å². The van der Waals surface area contributed by atoms with Gasteiger partial charge in [0.15, 0.2) is 0 Å². The maximum Gasteiger partial charge on any atom is 0.414 e. The molecule has 2 heterocycles. The molecule has 1 aromatic rings. The Balaban J connectivity index is 1.35. The minimum absolute atomic E-state index is 0.314. The summed E-state index contributed by atoms with van der Waals surface area (Å²) < 4.78 is 32.7. The molecule has 1 aromatic carbocycles. The third-order valence-corrected chi connectivity index (χ3v) is 6.16. The van der Waals surface area contributed by atoms with Crippen molar-refractivity contribution in [3.63, 3.8) is 0 Å². The Morgan fingerprint density at radius 3 is 2.66 bits per heavy atom. The van der Waals surface area contributed by atoms with E-state index in [0.717, 1.165) is 17.8 Å². The predicted octanol–water partition coefficient (Wildman–Crippen LogP) is 2.57. The molecule has 3 fully saturated rings. The number of piperazine rings is 1. The van der Waals surface area contributed by atoms with Crippen LogP contribution < -0.4 is 15.1 Å². The fourth-order valence-electron chi connectivity index (χ4n) is 3.80. The van der Waals surface area contributed by atoms with Crippen LogP contribution in [0.4, 0.5) is 25.0 Å². The van der Waals surface area contributed by atoms with E-state index < -0.39 is 6.09 Å². The topological polar surface area (TPSA) is 48.1 Å². The molecule has 1 amide bonds. The Hall–Kier alpha value is -2.00. The molecule has 4 rings (SSSR count). The number of nitrogens with one attached hydrogen (secondary N) is 1. The first-order valence-electron chi connectivity index (χ1n) is 10.1. The number of carbonyl (C=O) groups is 1. The first-order chi connectivity index (χ1) is 14.0. The van der Waals surface area contributed by atoms with Gasteiger partial charge in [-0.1, -0.05) is 12.2 Å². The fraction of sp³-hybridized carbons (Fsp3) is 0.600. The molecule has 2 saturated heterocycles. The highest BCUT2D eigenvalue weighted by Crippen LogP contribution is 2.30. The lowest BCUT2D eigenvalue weighted by Gasteiger charge is -2.35. The van der Waals surface area contributed by atoms with E-state index in [4.69, 9.17) is 17.0 Å². The van der Waals surface area contributed by atoms with Crippen molar-refractivity contribution in [3.8, 4) is 0 Å². The lowest BCUT2D eigenvalue weighted by atomic mass is 10.2. The minimum atomic E-state index is -0.471. The molecule has 158 valence electrons. The Bertz CT molecular complexity index is 769. The monoisotopic (exact) mass is 424 g/mol. The predicted molar refractivity (Wildman–Crippen MR) is 112 cm³/mol. The quantitative estimate of drug-likeness (QED) is 0.679. The van der Waals surface area contributed by atoms with Crippen LogP contribution in [0.15, 0.2) is 18.2 Å². The van der Waals surface area contributed by atoms with E-state index >= 15 is 0 Å². The molecule has 2 aliphatic heterocycles. The van der Waals surface area contributed by atoms with Crippen LogP contribution in [-0.2, 0) is 4.74 Å². The molecular weight excluding hydrogens is 398 g/mol. The van der Waals surface area contributed by atoms with E-state index in [0.29, 0.717) is 63.1 Å². The number of nitrogens with zero attached hydrogens (tertiary/aromatic N) is 3. The Morgan fingerprint density at radius 2 is 2.00 bits per heavy atom. The smallest absolute Gasteiger partial charge is 0.414 e. The number of alkyl halides is 1. The fourth-order valence-corrected chi connectivity index (χ4v) is 4.11. The van der Waals surface area contributed by atoms with Crippen molar-refractivity contribution in [2.24, 2.45) is 5.92 Å². The third-order valence-electron chi connectivity index (χ3n) is 5.68. The molecule has 1 N–H and O–H groups in total. The molecule has 6 nitrogen and oxygen atoms in total. The van der Waals surface area contributed by atoms with Gasteiger partial charge in [0.1, 0.15) is 18.6 Å². The molecule has 1 aliphatic carbocycles. The number of hydrogen-bond donors (Lipinski definition) is 1. The summed E-state index contributed by atoms with van der Waals surface area (Å²) in [6.45, 7) is 3.61. The highest BCUT2D eigenvalue weighted by Gasteiger charge is 2.34. The van der Waals surface area contributed by atoms with E-state index in [1.807, 2.05) is 9.80 Å². The van der Waals surface area contributed by atoms with Crippen LogP contribution in [0.5, 0.6) is 0 Å². The summed E-state index contributed by atoms with van der Waals surface area (Å²) in [5.74, 6) is 0.101. The van der Waals surface area contributed by atoms with E-state index in [1.54, 1.807) is 12.1 Å². The molecule has 0 unspecified atom stereocenters. The lowest BCUT2D eigenvalue weighted by Crippen LogP contribution is -2.47. The average molecular weight is 425 g/mol. The standard InChI is InChI=1S/C20H26F2N4O2S/c21-5-6-24-7-9-25(10-8-24)18-4-3-15(11-17(18)22)26-13-16(28-20(26)27)12-23-19(29)14-1-2-14/h3-4,11,14,16H,1-2,5-10,12-13H2,(H,23,29)/t16-/m0/s1. The van der Waals surface area contributed by atoms with Gasteiger partial charge in [0.2, 0.25) is 0 Å². The Morgan fingerprint density at radius 1 is 1.24 bits per heavy atom. The van der Waals surface area contributed by atoms with Crippen molar-refractivity contribution < 1.29 is 18.3 Å². The molecule has 29 heavy (non-hydrogen) atoms. The first-order valence-corrected chi connectivity index (χ1v) is 10.5. The summed E-state index contributed by atoms with van der Waals surface area (Å²) >= 11 is 5.30. The average Bonchev–Trinajstić information content (AvgIpc) is 3.50. The molecule has 0 spiro atoms. The van der Waals surface area contributed by atoms with Crippen LogP contribution >= 0.6 is 12.2 Å². The highest BCUT2D eigenvalue weighted by molar-refractivity contribution is 7.80. The number of thiocarbonyl (C=S) groups is 1. The number of halogens is 2.